The molecule has 0 aromatic heterocycles. The molecule has 2 amide bonds. The summed E-state index contributed by atoms with van der Waals surface area (Å²) in [6.07, 6.45) is 5.62. The van der Waals surface area contributed by atoms with Gasteiger partial charge in [0.05, 0.1) is 23.3 Å². The van der Waals surface area contributed by atoms with Crippen molar-refractivity contribution >= 4 is 40.7 Å². The SMILES string of the molecule is CCOCC(=O)N(CC1CCCCC1)[C@@H]1CC(C(=O)NCCO)=C[C@H](Oc2c(I)cc(C=O)cc2OC)[C@H]1O. The Hall–Kier alpha value is -2.22. The van der Waals surface area contributed by atoms with E-state index in [4.69, 9.17) is 14.2 Å². The van der Waals surface area contributed by atoms with Crippen molar-refractivity contribution in [3.8, 4) is 11.5 Å². The largest absolute Gasteiger partial charge is 0.493 e. The topological polar surface area (TPSA) is 135 Å². The summed E-state index contributed by atoms with van der Waals surface area (Å²) in [6, 6.07) is 2.44. The van der Waals surface area contributed by atoms with Crippen molar-refractivity contribution in [1.29, 1.82) is 0 Å². The highest BCUT2D eigenvalue weighted by molar-refractivity contribution is 14.1. The van der Waals surface area contributed by atoms with Gasteiger partial charge in [-0.3, -0.25) is 14.4 Å². The van der Waals surface area contributed by atoms with Crippen molar-refractivity contribution in [1.82, 2.24) is 10.2 Å². The molecule has 2 aliphatic rings. The van der Waals surface area contributed by atoms with Crippen molar-refractivity contribution < 1.29 is 38.8 Å². The molecule has 0 spiro atoms. The average molecular weight is 659 g/mol. The normalized spacial score (nSPS) is 21.6. The van der Waals surface area contributed by atoms with Crippen LogP contribution >= 0.6 is 22.6 Å². The minimum Gasteiger partial charge on any atom is -0.493 e. The van der Waals surface area contributed by atoms with E-state index in [-0.39, 0.29) is 32.1 Å². The fourth-order valence-electron chi connectivity index (χ4n) is 5.18. The van der Waals surface area contributed by atoms with Crippen LogP contribution in [0.1, 0.15) is 55.8 Å². The van der Waals surface area contributed by atoms with Crippen LogP contribution in [0.25, 0.3) is 0 Å². The van der Waals surface area contributed by atoms with Gasteiger partial charge in [-0.2, -0.15) is 0 Å². The highest BCUT2D eigenvalue weighted by atomic mass is 127. The predicted molar refractivity (Wildman–Crippen MR) is 153 cm³/mol. The number of nitrogens with zero attached hydrogens (tertiary/aromatic N) is 1. The van der Waals surface area contributed by atoms with Gasteiger partial charge in [-0.05, 0) is 66.5 Å². The van der Waals surface area contributed by atoms with Crippen molar-refractivity contribution in [3.05, 3.63) is 32.9 Å². The molecule has 3 N–H and O–H groups in total. The number of ether oxygens (including phenoxy) is 3. The lowest BCUT2D eigenvalue weighted by Crippen LogP contribution is -2.56. The van der Waals surface area contributed by atoms with Gasteiger partial charge in [-0.25, -0.2) is 0 Å². The zero-order chi connectivity index (χ0) is 28.4. The summed E-state index contributed by atoms with van der Waals surface area (Å²) in [5, 5.41) is 23.5. The van der Waals surface area contributed by atoms with E-state index in [1.165, 1.54) is 19.6 Å². The van der Waals surface area contributed by atoms with Gasteiger partial charge in [0.1, 0.15) is 25.1 Å². The molecule has 2 aliphatic carbocycles. The van der Waals surface area contributed by atoms with Crippen molar-refractivity contribution in [2.24, 2.45) is 5.92 Å². The van der Waals surface area contributed by atoms with E-state index in [1.807, 2.05) is 29.5 Å². The quantitative estimate of drug-likeness (QED) is 0.218. The molecule has 1 aromatic carbocycles. The van der Waals surface area contributed by atoms with Crippen LogP contribution in [-0.2, 0) is 14.3 Å². The predicted octanol–water partition coefficient (Wildman–Crippen LogP) is 2.47. The molecule has 11 heteroatoms. The lowest BCUT2D eigenvalue weighted by atomic mass is 9.85. The van der Waals surface area contributed by atoms with E-state index < -0.39 is 24.2 Å². The molecule has 0 unspecified atom stereocenters. The molecule has 3 rings (SSSR count). The second-order valence-electron chi connectivity index (χ2n) is 9.86. The molecule has 0 radical (unpaired) electrons. The second-order valence-corrected chi connectivity index (χ2v) is 11.0. The highest BCUT2D eigenvalue weighted by Gasteiger charge is 2.41. The monoisotopic (exact) mass is 658 g/mol. The van der Waals surface area contributed by atoms with Crippen molar-refractivity contribution in [3.63, 3.8) is 0 Å². The Morgan fingerprint density at radius 2 is 1.97 bits per heavy atom. The molecule has 0 saturated heterocycles. The van der Waals surface area contributed by atoms with Crippen LogP contribution in [0.2, 0.25) is 0 Å². The van der Waals surface area contributed by atoms with E-state index in [9.17, 15) is 24.6 Å². The first-order chi connectivity index (χ1) is 18.8. The highest BCUT2D eigenvalue weighted by Crippen LogP contribution is 2.37. The number of aliphatic hydroxyl groups excluding tert-OH is 2. The summed E-state index contributed by atoms with van der Waals surface area (Å²) in [5.74, 6) is 0.279. The van der Waals surface area contributed by atoms with Crippen LogP contribution in [0.5, 0.6) is 11.5 Å². The number of nitrogens with one attached hydrogen (secondary N) is 1. The van der Waals surface area contributed by atoms with E-state index in [1.54, 1.807) is 17.0 Å². The Kier molecular flexibility index (Phi) is 12.5. The summed E-state index contributed by atoms with van der Waals surface area (Å²) in [6.45, 7) is 2.39. The molecule has 1 aromatic rings. The fourth-order valence-corrected chi connectivity index (χ4v) is 5.93. The van der Waals surface area contributed by atoms with E-state index in [0.29, 0.717) is 51.6 Å². The maximum Gasteiger partial charge on any atom is 0.248 e. The van der Waals surface area contributed by atoms with Crippen LogP contribution < -0.4 is 14.8 Å². The standard InChI is InChI=1S/C28H39IN2O8/c1-3-38-17-25(34)31(15-18-7-5-4-6-8-18)22-13-20(28(36)30-9-10-32)14-23(26(22)35)39-27-21(29)11-19(16-33)12-24(27)37-2/h11-12,14,16,18,22-23,26,32,35H,3-10,13,15,17H2,1-2H3,(H,30,36)/t22-,23+,26+/m1/s1. The Labute approximate surface area is 243 Å². The summed E-state index contributed by atoms with van der Waals surface area (Å²) in [5.41, 5.74) is 0.755. The minimum atomic E-state index is -1.15. The Balaban J connectivity index is 1.98. The van der Waals surface area contributed by atoms with Crippen molar-refractivity contribution in [2.75, 3.05) is 40.0 Å². The smallest absolute Gasteiger partial charge is 0.248 e. The third kappa shape index (κ3) is 8.38. The lowest BCUT2D eigenvalue weighted by Gasteiger charge is -2.42. The Morgan fingerprint density at radius 3 is 2.62 bits per heavy atom. The first-order valence-electron chi connectivity index (χ1n) is 13.5. The molecule has 10 nitrogen and oxygen atoms in total. The van der Waals surface area contributed by atoms with E-state index >= 15 is 0 Å². The lowest BCUT2D eigenvalue weighted by molar-refractivity contribution is -0.144. The second kappa shape index (κ2) is 15.5. The van der Waals surface area contributed by atoms with Gasteiger partial charge in [-0.15, -0.1) is 0 Å². The van der Waals surface area contributed by atoms with Gasteiger partial charge in [0, 0.05) is 37.3 Å². The molecule has 39 heavy (non-hydrogen) atoms. The average Bonchev–Trinajstić information content (AvgIpc) is 2.95. The summed E-state index contributed by atoms with van der Waals surface area (Å²) in [7, 11) is 1.45. The number of methoxy groups -OCH3 is 1. The molecule has 0 bridgehead atoms. The number of halogens is 1. The number of hydrogen-bond donors (Lipinski definition) is 3. The molecule has 1 saturated carbocycles. The zero-order valence-electron chi connectivity index (χ0n) is 22.6. The van der Waals surface area contributed by atoms with Gasteiger partial charge in [-0.1, -0.05) is 19.3 Å². The van der Waals surface area contributed by atoms with Crippen LogP contribution in [0.3, 0.4) is 0 Å². The number of benzene rings is 1. The number of carbonyl (C=O) groups excluding carboxylic acids is 3. The van der Waals surface area contributed by atoms with E-state index in [0.717, 1.165) is 25.7 Å². The van der Waals surface area contributed by atoms with Crippen LogP contribution in [-0.4, -0.2) is 91.5 Å². The van der Waals surface area contributed by atoms with Gasteiger partial charge in [0.2, 0.25) is 11.8 Å². The Bertz CT molecular complexity index is 1030. The molecule has 3 atom stereocenters. The number of hydrogen-bond acceptors (Lipinski definition) is 8. The van der Waals surface area contributed by atoms with Gasteiger partial charge in [0.15, 0.2) is 11.5 Å². The van der Waals surface area contributed by atoms with E-state index in [2.05, 4.69) is 5.32 Å². The molecular formula is C28H39IN2O8. The fraction of sp³-hybridized carbons (Fsp3) is 0.607. The number of amides is 2. The van der Waals surface area contributed by atoms with Crippen LogP contribution in [0.4, 0.5) is 0 Å². The molecule has 216 valence electrons. The zero-order valence-corrected chi connectivity index (χ0v) is 24.7. The number of rotatable bonds is 13. The maximum atomic E-state index is 13.4. The van der Waals surface area contributed by atoms with Gasteiger partial charge >= 0.3 is 0 Å². The molecule has 0 aliphatic heterocycles. The third-order valence-electron chi connectivity index (χ3n) is 7.19. The third-order valence-corrected chi connectivity index (χ3v) is 7.99. The van der Waals surface area contributed by atoms with Crippen molar-refractivity contribution in [2.45, 2.75) is 63.7 Å². The summed E-state index contributed by atoms with van der Waals surface area (Å²) < 4.78 is 17.7. The van der Waals surface area contributed by atoms with Gasteiger partial charge in [0.25, 0.3) is 0 Å². The summed E-state index contributed by atoms with van der Waals surface area (Å²) >= 11 is 2.03. The van der Waals surface area contributed by atoms with Gasteiger partial charge < -0.3 is 34.6 Å². The minimum absolute atomic E-state index is 0.0723. The molecular weight excluding hydrogens is 619 g/mol. The first-order valence-corrected chi connectivity index (χ1v) is 14.5. The molecule has 0 heterocycles. The number of aliphatic hydroxyl groups is 2. The number of aldehydes is 1. The van der Waals surface area contributed by atoms with Crippen LogP contribution in [0.15, 0.2) is 23.8 Å². The summed E-state index contributed by atoms with van der Waals surface area (Å²) in [4.78, 5) is 39.4. The molecule has 1 fully saturated rings. The maximum absolute atomic E-state index is 13.4. The Morgan fingerprint density at radius 1 is 1.23 bits per heavy atom. The first kappa shape index (κ1) is 31.3. The van der Waals surface area contributed by atoms with Crippen LogP contribution in [0, 0.1) is 9.49 Å². The number of carbonyl (C=O) groups is 3.